The van der Waals surface area contributed by atoms with Crippen LogP contribution in [0, 0.1) is 0 Å². The van der Waals surface area contributed by atoms with Gasteiger partial charge in [0.1, 0.15) is 0 Å². The second kappa shape index (κ2) is 14.5. The molecule has 0 aromatic heterocycles. The summed E-state index contributed by atoms with van der Waals surface area (Å²) in [7, 11) is -5.61. The highest BCUT2D eigenvalue weighted by Crippen LogP contribution is 2.27. The Morgan fingerprint density at radius 2 is 0.966 bits per heavy atom. The first-order valence-electron chi connectivity index (χ1n) is 10.4. The molecular formula is C19H38F5NO3S. The minimum absolute atomic E-state index is 0.0516. The summed E-state index contributed by atoms with van der Waals surface area (Å²) < 4.78 is 92.6. The maximum atomic E-state index is 12.7. The third-order valence-electron chi connectivity index (χ3n) is 5.48. The van der Waals surface area contributed by atoms with Crippen LogP contribution in [0.4, 0.5) is 22.0 Å². The Hall–Kier alpha value is -0.480. The molecule has 0 aromatic carbocycles. The second-order valence-electron chi connectivity index (χ2n) is 7.29. The average molecular weight is 456 g/mol. The molecule has 0 spiro atoms. The Labute approximate surface area is 173 Å². The molecule has 0 aliphatic rings. The van der Waals surface area contributed by atoms with Crippen LogP contribution in [0.2, 0.25) is 0 Å². The van der Waals surface area contributed by atoms with Crippen LogP contribution in [-0.4, -0.2) is 55.1 Å². The smallest absolute Gasteiger partial charge is 0.389 e. The maximum Gasteiger partial charge on any atom is 0.389 e. The van der Waals surface area contributed by atoms with Crippen molar-refractivity contribution in [3.05, 3.63) is 0 Å². The summed E-state index contributed by atoms with van der Waals surface area (Å²) in [6.07, 6.45) is -3.56. The fourth-order valence-electron chi connectivity index (χ4n) is 3.01. The molecule has 0 N–H and O–H groups in total. The highest BCUT2D eigenvalue weighted by atomic mass is 32.2. The molecule has 0 unspecified atom stereocenters. The van der Waals surface area contributed by atoms with Crippen molar-refractivity contribution < 1.29 is 39.4 Å². The maximum absolute atomic E-state index is 12.7. The van der Waals surface area contributed by atoms with Gasteiger partial charge in [0.25, 0.3) is 0 Å². The number of hydrogen-bond donors (Lipinski definition) is 0. The number of alkyl halides is 5. The number of nitrogens with zero attached hydrogens (tertiary/aromatic N) is 1. The van der Waals surface area contributed by atoms with Crippen LogP contribution < -0.4 is 0 Å². The number of hydrogen-bond acceptors (Lipinski definition) is 3. The predicted molar refractivity (Wildman–Crippen MR) is 105 cm³/mol. The Morgan fingerprint density at radius 3 is 1.21 bits per heavy atom. The van der Waals surface area contributed by atoms with Crippen LogP contribution in [0.5, 0.6) is 0 Å². The topological polar surface area (TPSA) is 57.2 Å². The molecule has 0 atom stereocenters. The van der Waals surface area contributed by atoms with Crippen molar-refractivity contribution in [1.82, 2.24) is 0 Å². The molecule has 0 saturated carbocycles. The largest absolute Gasteiger partial charge is 0.743 e. The molecule has 0 heterocycles. The van der Waals surface area contributed by atoms with Crippen molar-refractivity contribution in [1.29, 1.82) is 0 Å². The van der Waals surface area contributed by atoms with E-state index in [9.17, 15) is 34.9 Å². The Morgan fingerprint density at radius 1 is 0.655 bits per heavy atom. The Kier molecular flexibility index (Phi) is 15.4. The number of rotatable bonds is 14. The molecule has 0 rings (SSSR count). The predicted octanol–water partition coefficient (Wildman–Crippen LogP) is 6.08. The van der Waals surface area contributed by atoms with E-state index in [1.54, 1.807) is 0 Å². The molecule has 29 heavy (non-hydrogen) atoms. The molecule has 0 saturated heterocycles. The first-order valence-corrected chi connectivity index (χ1v) is 11.9. The quantitative estimate of drug-likeness (QED) is 0.138. The van der Waals surface area contributed by atoms with Gasteiger partial charge in [0.2, 0.25) is 0 Å². The fourth-order valence-corrected chi connectivity index (χ4v) is 3.40. The summed E-state index contributed by atoms with van der Waals surface area (Å²) >= 11 is 0. The van der Waals surface area contributed by atoms with E-state index in [1.165, 1.54) is 30.7 Å². The van der Waals surface area contributed by atoms with Gasteiger partial charge < -0.3 is 9.04 Å². The molecule has 0 bridgehead atoms. The van der Waals surface area contributed by atoms with E-state index in [0.29, 0.717) is 32.1 Å². The molecule has 0 aliphatic carbocycles. The van der Waals surface area contributed by atoms with Gasteiger partial charge in [-0.15, -0.1) is 0 Å². The van der Waals surface area contributed by atoms with Crippen LogP contribution in [-0.2, 0) is 10.1 Å². The van der Waals surface area contributed by atoms with Crippen LogP contribution >= 0.6 is 0 Å². The molecule has 0 aromatic rings. The van der Waals surface area contributed by atoms with Crippen molar-refractivity contribution in [2.24, 2.45) is 0 Å². The van der Waals surface area contributed by atoms with Crippen molar-refractivity contribution in [3.8, 4) is 0 Å². The van der Waals surface area contributed by atoms with Gasteiger partial charge in [0.15, 0.2) is 10.1 Å². The fraction of sp³-hybridized carbons (Fsp3) is 1.00. The minimum atomic E-state index is -5.61. The van der Waals surface area contributed by atoms with Gasteiger partial charge in [-0.05, 0) is 40.5 Å². The highest BCUT2D eigenvalue weighted by molar-refractivity contribution is 7.86. The summed E-state index contributed by atoms with van der Waals surface area (Å²) in [5, 5.41) is -4.24. The average Bonchev–Trinajstić information content (AvgIpc) is 2.61. The van der Waals surface area contributed by atoms with E-state index >= 15 is 0 Å². The molecular weight excluding hydrogens is 417 g/mol. The molecule has 0 amide bonds. The molecule has 10 heteroatoms. The summed E-state index contributed by atoms with van der Waals surface area (Å²) in [6, 6.07) is 0. The number of unbranched alkanes of at least 4 members (excludes halogenated alkanes) is 6. The normalized spacial score (nSPS) is 13.2. The van der Waals surface area contributed by atoms with Gasteiger partial charge in [-0.2, -0.15) is 22.0 Å². The van der Waals surface area contributed by atoms with E-state index in [4.69, 9.17) is 0 Å². The van der Waals surface area contributed by atoms with Crippen molar-refractivity contribution >= 4 is 10.1 Å². The minimum Gasteiger partial charge on any atom is -0.743 e. The molecule has 0 aliphatic heterocycles. The number of halogens is 5. The first-order chi connectivity index (χ1) is 13.2. The van der Waals surface area contributed by atoms with Crippen LogP contribution in [0.15, 0.2) is 0 Å². The lowest BCUT2D eigenvalue weighted by molar-refractivity contribution is -0.921. The molecule has 178 valence electrons. The molecule has 4 nitrogen and oxygen atoms in total. The van der Waals surface area contributed by atoms with E-state index in [1.807, 2.05) is 0 Å². The summed E-state index contributed by atoms with van der Waals surface area (Å²) in [4.78, 5) is 0. The van der Waals surface area contributed by atoms with E-state index < -0.39 is 34.4 Å². The van der Waals surface area contributed by atoms with Crippen LogP contribution in [0.3, 0.4) is 0 Å². The van der Waals surface area contributed by atoms with E-state index in [2.05, 4.69) is 27.7 Å². The summed E-state index contributed by atoms with van der Waals surface area (Å²) in [5.41, 5.74) is 0. The zero-order valence-electron chi connectivity index (χ0n) is 18.2. The molecule has 0 fully saturated rings. The highest BCUT2D eigenvalue weighted by Gasteiger charge is 2.36. The molecule has 0 radical (unpaired) electrons. The number of quaternary nitrogens is 1. The third kappa shape index (κ3) is 15.0. The van der Waals surface area contributed by atoms with Crippen molar-refractivity contribution in [2.75, 3.05) is 26.2 Å². The lowest BCUT2D eigenvalue weighted by atomic mass is 10.1. The lowest BCUT2D eigenvalue weighted by Crippen LogP contribution is -2.47. The van der Waals surface area contributed by atoms with Crippen molar-refractivity contribution in [3.63, 3.8) is 0 Å². The standard InChI is InChI=1S/C11H19F5O3S.C8H20N/c12-10(13,14)8-6-4-2-1-3-5-7-9-11(15,16)20(17,18)19;1-5-9(6-2,7-3)8-4/h1-9H2,(H,17,18,19);5-8H2,1-4H3/q;+1/p-1. The van der Waals surface area contributed by atoms with Gasteiger partial charge in [-0.1, -0.05) is 32.1 Å². The zero-order chi connectivity index (χ0) is 23.2. The monoisotopic (exact) mass is 455 g/mol. The van der Waals surface area contributed by atoms with Gasteiger partial charge in [-0.25, -0.2) is 8.42 Å². The van der Waals surface area contributed by atoms with Gasteiger partial charge >= 0.3 is 11.4 Å². The summed E-state index contributed by atoms with van der Waals surface area (Å²) in [6.45, 7) is 14.2. The van der Waals surface area contributed by atoms with Crippen LogP contribution in [0.1, 0.15) is 85.5 Å². The third-order valence-corrected chi connectivity index (χ3v) is 6.41. The summed E-state index contributed by atoms with van der Waals surface area (Å²) in [5.74, 6) is 0. The first kappa shape index (κ1) is 30.7. The van der Waals surface area contributed by atoms with Crippen molar-refractivity contribution in [2.45, 2.75) is 96.9 Å². The SMILES string of the molecule is CC[N+](CC)(CC)CC.O=S(=O)([O-])C(F)(F)CCCCCCCCCC(F)(F)F. The zero-order valence-corrected chi connectivity index (χ0v) is 19.0. The Balaban J connectivity index is 0. The second-order valence-corrected chi connectivity index (χ2v) is 8.79. The lowest BCUT2D eigenvalue weighted by Gasteiger charge is -2.34. The Bertz CT molecular complexity index is 489. The van der Waals surface area contributed by atoms with Gasteiger partial charge in [0.05, 0.1) is 26.2 Å². The van der Waals surface area contributed by atoms with Crippen LogP contribution in [0.25, 0.3) is 0 Å². The van der Waals surface area contributed by atoms with Gasteiger partial charge in [-0.3, -0.25) is 0 Å². The van der Waals surface area contributed by atoms with E-state index in [-0.39, 0.29) is 12.8 Å². The van der Waals surface area contributed by atoms with E-state index in [0.717, 1.165) is 0 Å². The van der Waals surface area contributed by atoms with Gasteiger partial charge in [0, 0.05) is 12.8 Å².